The summed E-state index contributed by atoms with van der Waals surface area (Å²) in [6.45, 7) is 4.65. The molecule has 2 nitrogen and oxygen atoms in total. The first kappa shape index (κ1) is 13.4. The minimum absolute atomic E-state index is 0.147. The van der Waals surface area contributed by atoms with E-state index in [1.807, 2.05) is 0 Å². The van der Waals surface area contributed by atoms with Crippen LogP contribution in [0.4, 0.5) is 8.78 Å². The average molecular weight is 240 g/mol. The average Bonchev–Trinajstić information content (AvgIpc) is 2.25. The highest BCUT2D eigenvalue weighted by Gasteiger charge is 2.40. The molecular weight excluding hydrogens is 226 g/mol. The van der Waals surface area contributed by atoms with E-state index in [4.69, 9.17) is 0 Å². The van der Waals surface area contributed by atoms with Gasteiger partial charge in [0, 0.05) is 6.42 Å². The van der Waals surface area contributed by atoms with Gasteiger partial charge in [0.05, 0.1) is 0 Å². The molecule has 0 aliphatic rings. The summed E-state index contributed by atoms with van der Waals surface area (Å²) >= 11 is 0. The summed E-state index contributed by atoms with van der Waals surface area (Å²) in [5.41, 5.74) is 0.915. The Morgan fingerprint density at radius 1 is 1.35 bits per heavy atom. The molecule has 0 atom stereocenters. The van der Waals surface area contributed by atoms with Crippen molar-refractivity contribution in [2.75, 3.05) is 0 Å². The van der Waals surface area contributed by atoms with Crippen LogP contribution in [0.3, 0.4) is 0 Å². The zero-order valence-electron chi connectivity index (χ0n) is 9.58. The van der Waals surface area contributed by atoms with Crippen LogP contribution < -0.4 is 0 Å². The molecule has 0 radical (unpaired) electrons. The summed E-state index contributed by atoms with van der Waals surface area (Å²) in [7, 11) is 0. The second kappa shape index (κ2) is 5.57. The number of rotatable bonds is 5. The van der Waals surface area contributed by atoms with Crippen molar-refractivity contribution in [2.24, 2.45) is 0 Å². The van der Waals surface area contributed by atoms with E-state index in [2.05, 4.69) is 11.3 Å². The lowest BCUT2D eigenvalue weighted by Gasteiger charge is -2.14. The van der Waals surface area contributed by atoms with Crippen molar-refractivity contribution in [1.29, 1.82) is 0 Å². The Labute approximate surface area is 98.9 Å². The third-order valence-corrected chi connectivity index (χ3v) is 2.04. The van der Waals surface area contributed by atoms with E-state index < -0.39 is 18.3 Å². The molecule has 0 fully saturated rings. The van der Waals surface area contributed by atoms with Crippen LogP contribution in [0.2, 0.25) is 0 Å². The fraction of sp³-hybridized carbons (Fsp3) is 0.308. The van der Waals surface area contributed by atoms with Crippen LogP contribution in [0.15, 0.2) is 42.5 Å². The number of halogens is 2. The molecule has 0 N–H and O–H groups in total. The van der Waals surface area contributed by atoms with Gasteiger partial charge in [-0.3, -0.25) is 0 Å². The maximum atomic E-state index is 13.2. The largest absolute Gasteiger partial charge is 0.456 e. The first-order valence-corrected chi connectivity index (χ1v) is 5.15. The lowest BCUT2D eigenvalue weighted by molar-refractivity contribution is -0.173. The van der Waals surface area contributed by atoms with E-state index in [0.29, 0.717) is 5.56 Å². The Balaban J connectivity index is 2.52. The van der Waals surface area contributed by atoms with Gasteiger partial charge in [-0.1, -0.05) is 42.5 Å². The Hall–Kier alpha value is -1.71. The monoisotopic (exact) mass is 240 g/mol. The molecule has 1 aromatic carbocycles. The van der Waals surface area contributed by atoms with Crippen LogP contribution in [-0.2, 0) is 16.1 Å². The topological polar surface area (TPSA) is 26.3 Å². The Morgan fingerprint density at radius 2 is 1.94 bits per heavy atom. The minimum Gasteiger partial charge on any atom is -0.456 e. The zero-order chi connectivity index (χ0) is 12.9. The van der Waals surface area contributed by atoms with Crippen molar-refractivity contribution in [3.05, 3.63) is 48.0 Å². The molecule has 0 saturated heterocycles. The molecule has 1 aromatic rings. The molecule has 0 aromatic heterocycles. The number of alkyl halides is 2. The van der Waals surface area contributed by atoms with Crippen molar-refractivity contribution in [1.82, 2.24) is 0 Å². The van der Waals surface area contributed by atoms with E-state index in [0.717, 1.165) is 0 Å². The standard InChI is InChI=1S/C13H14F2O2/c1-10(2)8-13(14,15)12(16)17-9-11-6-4-3-5-7-11/h3-7H,1,8-9H2,2H3. The van der Waals surface area contributed by atoms with Crippen molar-refractivity contribution in [2.45, 2.75) is 25.9 Å². The molecule has 92 valence electrons. The first-order valence-electron chi connectivity index (χ1n) is 5.15. The summed E-state index contributed by atoms with van der Waals surface area (Å²) in [6.07, 6.45) is -0.680. The summed E-state index contributed by atoms with van der Waals surface area (Å²) < 4.78 is 31.0. The maximum absolute atomic E-state index is 13.2. The molecule has 0 saturated carbocycles. The van der Waals surface area contributed by atoms with Crippen LogP contribution in [0, 0.1) is 0 Å². The summed E-state index contributed by atoms with van der Waals surface area (Å²) in [5, 5.41) is 0. The predicted octanol–water partition coefficient (Wildman–Crippen LogP) is 3.33. The van der Waals surface area contributed by atoms with E-state index in [-0.39, 0.29) is 12.2 Å². The number of hydrogen-bond donors (Lipinski definition) is 0. The smallest absolute Gasteiger partial charge is 0.377 e. The van der Waals surface area contributed by atoms with Gasteiger partial charge in [-0.15, -0.1) is 0 Å². The lowest BCUT2D eigenvalue weighted by Crippen LogP contribution is -2.30. The van der Waals surface area contributed by atoms with Gasteiger partial charge in [0.2, 0.25) is 0 Å². The van der Waals surface area contributed by atoms with Crippen molar-refractivity contribution < 1.29 is 18.3 Å². The van der Waals surface area contributed by atoms with E-state index >= 15 is 0 Å². The van der Waals surface area contributed by atoms with Crippen molar-refractivity contribution in [3.8, 4) is 0 Å². The Kier molecular flexibility index (Phi) is 4.37. The van der Waals surface area contributed by atoms with E-state index in [9.17, 15) is 13.6 Å². The van der Waals surface area contributed by atoms with Crippen LogP contribution in [0.25, 0.3) is 0 Å². The fourth-order valence-corrected chi connectivity index (χ4v) is 1.28. The highest BCUT2D eigenvalue weighted by molar-refractivity contribution is 5.77. The van der Waals surface area contributed by atoms with Crippen LogP contribution in [-0.4, -0.2) is 11.9 Å². The number of hydrogen-bond acceptors (Lipinski definition) is 2. The Morgan fingerprint density at radius 3 is 2.47 bits per heavy atom. The second-order valence-corrected chi connectivity index (χ2v) is 3.90. The molecule has 1 rings (SSSR count). The number of esters is 1. The highest BCUT2D eigenvalue weighted by atomic mass is 19.3. The molecule has 0 bridgehead atoms. The van der Waals surface area contributed by atoms with Crippen LogP contribution in [0.5, 0.6) is 0 Å². The van der Waals surface area contributed by atoms with Gasteiger partial charge in [-0.05, 0) is 12.5 Å². The lowest BCUT2D eigenvalue weighted by atomic mass is 10.1. The molecule has 4 heteroatoms. The quantitative estimate of drug-likeness (QED) is 0.583. The van der Waals surface area contributed by atoms with Gasteiger partial charge in [0.15, 0.2) is 0 Å². The van der Waals surface area contributed by atoms with Crippen molar-refractivity contribution in [3.63, 3.8) is 0 Å². The van der Waals surface area contributed by atoms with Gasteiger partial charge < -0.3 is 4.74 Å². The molecule has 0 aliphatic heterocycles. The zero-order valence-corrected chi connectivity index (χ0v) is 9.58. The van der Waals surface area contributed by atoms with Gasteiger partial charge in [0.1, 0.15) is 6.61 Å². The van der Waals surface area contributed by atoms with Crippen LogP contribution in [0.1, 0.15) is 18.9 Å². The second-order valence-electron chi connectivity index (χ2n) is 3.90. The summed E-state index contributed by atoms with van der Waals surface area (Å²) in [5.74, 6) is -5.01. The number of benzene rings is 1. The van der Waals surface area contributed by atoms with Gasteiger partial charge >= 0.3 is 11.9 Å². The molecule has 0 heterocycles. The SMILES string of the molecule is C=C(C)CC(F)(F)C(=O)OCc1ccccc1. The molecular formula is C13H14F2O2. The summed E-state index contributed by atoms with van der Waals surface area (Å²) in [6, 6.07) is 8.68. The number of carbonyl (C=O) groups excluding carboxylic acids is 1. The maximum Gasteiger partial charge on any atom is 0.377 e. The van der Waals surface area contributed by atoms with Gasteiger partial charge in [0.25, 0.3) is 0 Å². The van der Waals surface area contributed by atoms with Gasteiger partial charge in [-0.2, -0.15) is 8.78 Å². The van der Waals surface area contributed by atoms with Crippen LogP contribution >= 0.6 is 0 Å². The third kappa shape index (κ3) is 4.34. The number of allylic oxidation sites excluding steroid dienone is 1. The van der Waals surface area contributed by atoms with E-state index in [1.54, 1.807) is 30.3 Å². The highest BCUT2D eigenvalue weighted by Crippen LogP contribution is 2.24. The molecule has 0 spiro atoms. The van der Waals surface area contributed by atoms with Gasteiger partial charge in [-0.25, -0.2) is 4.79 Å². The minimum atomic E-state index is -3.50. The summed E-state index contributed by atoms with van der Waals surface area (Å²) in [4.78, 5) is 11.2. The predicted molar refractivity (Wildman–Crippen MR) is 60.6 cm³/mol. The van der Waals surface area contributed by atoms with E-state index in [1.165, 1.54) is 6.92 Å². The normalized spacial score (nSPS) is 11.0. The molecule has 0 amide bonds. The number of carbonyl (C=O) groups is 1. The third-order valence-electron chi connectivity index (χ3n) is 2.04. The molecule has 0 unspecified atom stereocenters. The fourth-order valence-electron chi connectivity index (χ4n) is 1.28. The molecule has 17 heavy (non-hydrogen) atoms. The van der Waals surface area contributed by atoms with Crippen molar-refractivity contribution >= 4 is 5.97 Å². The Bertz CT molecular complexity index is 399. The first-order chi connectivity index (χ1) is 7.92. The number of ether oxygens (including phenoxy) is 1. The molecule has 0 aliphatic carbocycles.